The van der Waals surface area contributed by atoms with Crippen LogP contribution in [-0.4, -0.2) is 37.4 Å². The first-order valence-electron chi connectivity index (χ1n) is 5.50. The van der Waals surface area contributed by atoms with Gasteiger partial charge in [-0.05, 0) is 18.8 Å². The third kappa shape index (κ3) is 9.69. The Morgan fingerprint density at radius 3 is 2.60 bits per heavy atom. The molecule has 0 saturated carbocycles. The maximum absolute atomic E-state index is 11.3. The van der Waals surface area contributed by atoms with Gasteiger partial charge in [-0.2, -0.15) is 0 Å². The molecule has 0 aromatic rings. The molecule has 0 aliphatic rings. The van der Waals surface area contributed by atoms with Crippen molar-refractivity contribution in [1.82, 2.24) is 5.32 Å². The minimum absolute atomic E-state index is 0.0633. The molecule has 0 fully saturated rings. The summed E-state index contributed by atoms with van der Waals surface area (Å²) in [5, 5.41) is 12.1. The maximum atomic E-state index is 11.3. The van der Waals surface area contributed by atoms with Crippen LogP contribution in [0.4, 0.5) is 0 Å². The fourth-order valence-corrected chi connectivity index (χ4v) is 1.16. The van der Waals surface area contributed by atoms with Crippen molar-refractivity contribution in [2.45, 2.75) is 39.2 Å². The fourth-order valence-electron chi connectivity index (χ4n) is 1.16. The van der Waals surface area contributed by atoms with E-state index in [1.807, 2.05) is 0 Å². The second kappa shape index (κ2) is 8.68. The van der Waals surface area contributed by atoms with Gasteiger partial charge in [0.15, 0.2) is 0 Å². The Morgan fingerprint density at radius 2 is 2.07 bits per heavy atom. The van der Waals surface area contributed by atoms with Crippen molar-refractivity contribution in [3.8, 4) is 0 Å². The zero-order chi connectivity index (χ0) is 11.7. The van der Waals surface area contributed by atoms with E-state index in [0.717, 1.165) is 6.42 Å². The molecule has 0 heterocycles. The Kier molecular flexibility index (Phi) is 8.33. The quantitative estimate of drug-likeness (QED) is 0.636. The lowest BCUT2D eigenvalue weighted by Crippen LogP contribution is -2.28. The van der Waals surface area contributed by atoms with E-state index in [9.17, 15) is 9.90 Å². The third-order valence-electron chi connectivity index (χ3n) is 2.11. The van der Waals surface area contributed by atoms with Gasteiger partial charge in [0.2, 0.25) is 5.91 Å². The van der Waals surface area contributed by atoms with Crippen LogP contribution in [-0.2, 0) is 9.53 Å². The monoisotopic (exact) mass is 217 g/mol. The Hall–Kier alpha value is -0.610. The number of carbonyl (C=O) groups excluding carboxylic acids is 1. The maximum Gasteiger partial charge on any atom is 0.220 e. The van der Waals surface area contributed by atoms with Gasteiger partial charge in [-0.3, -0.25) is 4.79 Å². The Bertz CT molecular complexity index is 171. The number of nitrogens with one attached hydrogen (secondary N) is 1. The summed E-state index contributed by atoms with van der Waals surface area (Å²) >= 11 is 0. The van der Waals surface area contributed by atoms with Crippen LogP contribution in [0, 0.1) is 5.92 Å². The molecule has 1 unspecified atom stereocenters. The van der Waals surface area contributed by atoms with Gasteiger partial charge in [0, 0.05) is 20.1 Å². The third-order valence-corrected chi connectivity index (χ3v) is 2.11. The second-order valence-corrected chi connectivity index (χ2v) is 4.18. The highest BCUT2D eigenvalue weighted by atomic mass is 16.5. The van der Waals surface area contributed by atoms with Gasteiger partial charge in [0.05, 0.1) is 12.7 Å². The summed E-state index contributed by atoms with van der Waals surface area (Å²) in [5.41, 5.74) is 0. The predicted molar refractivity (Wildman–Crippen MR) is 59.6 cm³/mol. The molecule has 4 nitrogen and oxygen atoms in total. The number of carbonyl (C=O) groups is 1. The van der Waals surface area contributed by atoms with Gasteiger partial charge < -0.3 is 15.2 Å². The molecule has 15 heavy (non-hydrogen) atoms. The highest BCUT2D eigenvalue weighted by Crippen LogP contribution is 2.02. The molecule has 2 N–H and O–H groups in total. The van der Waals surface area contributed by atoms with Gasteiger partial charge >= 0.3 is 0 Å². The van der Waals surface area contributed by atoms with Crippen molar-refractivity contribution in [1.29, 1.82) is 0 Å². The summed E-state index contributed by atoms with van der Waals surface area (Å²) in [6.07, 6.45) is 1.53. The van der Waals surface area contributed by atoms with E-state index in [1.165, 1.54) is 0 Å². The van der Waals surface area contributed by atoms with E-state index in [1.54, 1.807) is 7.11 Å². The number of hydrogen-bond donors (Lipinski definition) is 2. The molecule has 0 aromatic carbocycles. The molecule has 0 radical (unpaired) electrons. The van der Waals surface area contributed by atoms with Crippen molar-refractivity contribution < 1.29 is 14.6 Å². The van der Waals surface area contributed by atoms with Crippen LogP contribution >= 0.6 is 0 Å². The van der Waals surface area contributed by atoms with Crippen molar-refractivity contribution >= 4 is 5.91 Å². The van der Waals surface area contributed by atoms with E-state index < -0.39 is 6.10 Å². The fraction of sp³-hybridized carbons (Fsp3) is 0.909. The summed E-state index contributed by atoms with van der Waals surface area (Å²) in [7, 11) is 1.55. The normalized spacial score (nSPS) is 12.9. The van der Waals surface area contributed by atoms with Crippen molar-refractivity contribution in [3.63, 3.8) is 0 Å². The van der Waals surface area contributed by atoms with Crippen LogP contribution in [0.3, 0.4) is 0 Å². The van der Waals surface area contributed by atoms with Crippen LogP contribution < -0.4 is 5.32 Å². The molecule has 1 atom stereocenters. The Balaban J connectivity index is 3.38. The largest absolute Gasteiger partial charge is 0.391 e. The standard InChI is InChI=1S/C11H23NO3/c1-9(2)4-5-11(14)12-7-6-10(13)8-15-3/h9-10,13H,4-8H2,1-3H3,(H,12,14). The summed E-state index contributed by atoms with van der Waals surface area (Å²) in [6, 6.07) is 0. The average molecular weight is 217 g/mol. The second-order valence-electron chi connectivity index (χ2n) is 4.18. The van der Waals surface area contributed by atoms with E-state index in [-0.39, 0.29) is 5.91 Å². The van der Waals surface area contributed by atoms with Crippen molar-refractivity contribution in [3.05, 3.63) is 0 Å². The zero-order valence-corrected chi connectivity index (χ0v) is 9.95. The van der Waals surface area contributed by atoms with Crippen LogP contribution in [0.1, 0.15) is 33.1 Å². The highest BCUT2D eigenvalue weighted by Gasteiger charge is 2.05. The molecule has 90 valence electrons. The molecule has 0 aliphatic heterocycles. The van der Waals surface area contributed by atoms with Gasteiger partial charge in [-0.15, -0.1) is 0 Å². The Labute approximate surface area is 92.0 Å². The lowest BCUT2D eigenvalue weighted by molar-refractivity contribution is -0.121. The van der Waals surface area contributed by atoms with Crippen LogP contribution in [0.25, 0.3) is 0 Å². The molecule has 0 aliphatic carbocycles. The first-order chi connectivity index (χ1) is 7.06. The summed E-state index contributed by atoms with van der Waals surface area (Å²) in [5.74, 6) is 0.614. The zero-order valence-electron chi connectivity index (χ0n) is 9.95. The number of ether oxygens (including phenoxy) is 1. The summed E-state index contributed by atoms with van der Waals surface area (Å²) in [4.78, 5) is 11.3. The van der Waals surface area contributed by atoms with Crippen LogP contribution in [0.15, 0.2) is 0 Å². The molecule has 0 saturated heterocycles. The summed E-state index contributed by atoms with van der Waals surface area (Å²) in [6.45, 7) is 5.02. The van der Waals surface area contributed by atoms with E-state index >= 15 is 0 Å². The van der Waals surface area contributed by atoms with E-state index in [2.05, 4.69) is 19.2 Å². The molecule has 0 aromatic heterocycles. The highest BCUT2D eigenvalue weighted by molar-refractivity contribution is 5.75. The number of aliphatic hydroxyl groups excluding tert-OH is 1. The predicted octanol–water partition coefficient (Wildman–Crippen LogP) is 0.936. The first kappa shape index (κ1) is 14.4. The SMILES string of the molecule is COCC(O)CCNC(=O)CCC(C)C. The average Bonchev–Trinajstić information content (AvgIpc) is 2.15. The van der Waals surface area contributed by atoms with Gasteiger partial charge in [0.25, 0.3) is 0 Å². The smallest absolute Gasteiger partial charge is 0.220 e. The molecule has 0 spiro atoms. The number of hydrogen-bond acceptors (Lipinski definition) is 3. The van der Waals surface area contributed by atoms with Crippen molar-refractivity contribution in [2.24, 2.45) is 5.92 Å². The molecule has 0 rings (SSSR count). The number of amides is 1. The molecule has 1 amide bonds. The molecular formula is C11H23NO3. The number of methoxy groups -OCH3 is 1. The van der Waals surface area contributed by atoms with Gasteiger partial charge in [0.1, 0.15) is 0 Å². The van der Waals surface area contributed by atoms with E-state index in [0.29, 0.717) is 31.9 Å². The topological polar surface area (TPSA) is 58.6 Å². The Morgan fingerprint density at radius 1 is 1.40 bits per heavy atom. The van der Waals surface area contributed by atoms with Crippen LogP contribution in [0.5, 0.6) is 0 Å². The lowest BCUT2D eigenvalue weighted by Gasteiger charge is -2.10. The number of rotatable bonds is 8. The first-order valence-corrected chi connectivity index (χ1v) is 5.50. The summed E-state index contributed by atoms with van der Waals surface area (Å²) < 4.78 is 4.78. The number of aliphatic hydroxyl groups is 1. The van der Waals surface area contributed by atoms with Gasteiger partial charge in [-0.1, -0.05) is 13.8 Å². The minimum Gasteiger partial charge on any atom is -0.391 e. The lowest BCUT2D eigenvalue weighted by atomic mass is 10.1. The minimum atomic E-state index is -0.486. The van der Waals surface area contributed by atoms with E-state index in [4.69, 9.17) is 4.74 Å². The molecule has 0 bridgehead atoms. The molecule has 4 heteroatoms. The van der Waals surface area contributed by atoms with Crippen molar-refractivity contribution in [2.75, 3.05) is 20.3 Å². The van der Waals surface area contributed by atoms with Gasteiger partial charge in [-0.25, -0.2) is 0 Å². The van der Waals surface area contributed by atoms with Crippen LogP contribution in [0.2, 0.25) is 0 Å². The molecular weight excluding hydrogens is 194 g/mol.